The lowest BCUT2D eigenvalue weighted by molar-refractivity contribution is 0.102. The highest BCUT2D eigenvalue weighted by molar-refractivity contribution is 6.04. The van der Waals surface area contributed by atoms with Crippen LogP contribution in [-0.2, 0) is 0 Å². The van der Waals surface area contributed by atoms with Gasteiger partial charge in [-0.05, 0) is 48.5 Å². The number of hydrogen-bond acceptors (Lipinski definition) is 5. The first-order valence-corrected chi connectivity index (χ1v) is 8.10. The molecule has 0 fully saturated rings. The van der Waals surface area contributed by atoms with Crippen LogP contribution in [0.2, 0.25) is 0 Å². The molecule has 0 unspecified atom stereocenters. The molecule has 0 saturated heterocycles. The molecule has 0 radical (unpaired) electrons. The van der Waals surface area contributed by atoms with E-state index in [0.29, 0.717) is 28.2 Å². The van der Waals surface area contributed by atoms with E-state index in [1.54, 1.807) is 60.9 Å². The Bertz CT molecular complexity index is 1080. The second-order valence-corrected chi connectivity index (χ2v) is 5.70. The van der Waals surface area contributed by atoms with Crippen LogP contribution in [0.3, 0.4) is 0 Å². The molecule has 2 aromatic heterocycles. The third-order valence-corrected chi connectivity index (χ3v) is 3.84. The Labute approximate surface area is 153 Å². The highest BCUT2D eigenvalue weighted by Gasteiger charge is 2.12. The monoisotopic (exact) mass is 360 g/mol. The maximum absolute atomic E-state index is 13.0. The number of amides is 1. The Balaban J connectivity index is 1.56. The van der Waals surface area contributed by atoms with E-state index in [1.165, 1.54) is 12.1 Å². The molecule has 27 heavy (non-hydrogen) atoms. The number of halogens is 1. The molecule has 2 aromatic carbocycles. The van der Waals surface area contributed by atoms with Gasteiger partial charge in [-0.25, -0.2) is 4.39 Å². The van der Waals surface area contributed by atoms with Gasteiger partial charge in [0.1, 0.15) is 5.82 Å². The summed E-state index contributed by atoms with van der Waals surface area (Å²) in [5, 5.41) is 6.78. The number of anilines is 1. The normalized spacial score (nSPS) is 10.6. The molecule has 2 heterocycles. The largest absolute Gasteiger partial charge is 0.334 e. The van der Waals surface area contributed by atoms with Crippen molar-refractivity contribution in [3.8, 4) is 22.8 Å². The maximum atomic E-state index is 13.0. The van der Waals surface area contributed by atoms with Gasteiger partial charge in [0, 0.05) is 34.8 Å². The van der Waals surface area contributed by atoms with Crippen molar-refractivity contribution in [2.45, 2.75) is 0 Å². The topological polar surface area (TPSA) is 80.9 Å². The molecule has 0 saturated carbocycles. The van der Waals surface area contributed by atoms with E-state index in [1.807, 2.05) is 0 Å². The molecule has 4 aromatic rings. The van der Waals surface area contributed by atoms with E-state index in [2.05, 4.69) is 20.4 Å². The van der Waals surface area contributed by atoms with Gasteiger partial charge in [0.05, 0.1) is 0 Å². The van der Waals surface area contributed by atoms with Crippen molar-refractivity contribution in [3.05, 3.63) is 84.4 Å². The minimum absolute atomic E-state index is 0.241. The lowest BCUT2D eigenvalue weighted by Crippen LogP contribution is -2.11. The number of nitrogens with zero attached hydrogens (tertiary/aromatic N) is 3. The molecule has 1 amide bonds. The first-order chi connectivity index (χ1) is 13.2. The Morgan fingerprint density at radius 1 is 0.963 bits per heavy atom. The third-order valence-electron chi connectivity index (χ3n) is 3.84. The first kappa shape index (κ1) is 16.6. The Morgan fingerprint density at radius 2 is 1.74 bits per heavy atom. The second-order valence-electron chi connectivity index (χ2n) is 5.70. The molecule has 0 aliphatic carbocycles. The zero-order valence-electron chi connectivity index (χ0n) is 14.0. The van der Waals surface area contributed by atoms with E-state index in [9.17, 15) is 9.18 Å². The number of pyridine rings is 1. The molecule has 0 aliphatic rings. The van der Waals surface area contributed by atoms with Crippen molar-refractivity contribution in [2.75, 3.05) is 5.32 Å². The number of hydrogen-bond donors (Lipinski definition) is 1. The average molecular weight is 360 g/mol. The molecule has 132 valence electrons. The summed E-state index contributed by atoms with van der Waals surface area (Å²) in [6.45, 7) is 0. The molecule has 0 atom stereocenters. The van der Waals surface area contributed by atoms with Crippen molar-refractivity contribution in [1.82, 2.24) is 15.1 Å². The summed E-state index contributed by atoms with van der Waals surface area (Å²) in [5.41, 5.74) is 2.41. The zero-order chi connectivity index (χ0) is 18.6. The van der Waals surface area contributed by atoms with Crippen LogP contribution in [0.1, 0.15) is 10.4 Å². The minimum Gasteiger partial charge on any atom is -0.334 e. The second kappa shape index (κ2) is 7.17. The lowest BCUT2D eigenvalue weighted by atomic mass is 10.1. The van der Waals surface area contributed by atoms with Crippen LogP contribution in [0.4, 0.5) is 10.1 Å². The summed E-state index contributed by atoms with van der Waals surface area (Å²) in [4.78, 5) is 20.5. The van der Waals surface area contributed by atoms with Gasteiger partial charge >= 0.3 is 0 Å². The molecule has 4 rings (SSSR count). The smallest absolute Gasteiger partial charge is 0.258 e. The first-order valence-electron chi connectivity index (χ1n) is 8.10. The summed E-state index contributed by atoms with van der Waals surface area (Å²) in [6.07, 6.45) is 3.11. The number of rotatable bonds is 4. The van der Waals surface area contributed by atoms with Gasteiger partial charge in [-0.3, -0.25) is 9.78 Å². The van der Waals surface area contributed by atoms with E-state index in [0.717, 1.165) is 0 Å². The summed E-state index contributed by atoms with van der Waals surface area (Å²) in [5.74, 6) is 0.0800. The Kier molecular flexibility index (Phi) is 4.40. The highest BCUT2D eigenvalue weighted by atomic mass is 19.1. The SMILES string of the molecule is O=C(Nc1cccc(-c2noc(-c3ccc(F)cc3)n2)c1)c1ccncc1. The fourth-order valence-corrected chi connectivity index (χ4v) is 2.49. The van der Waals surface area contributed by atoms with Crippen molar-refractivity contribution >= 4 is 11.6 Å². The van der Waals surface area contributed by atoms with E-state index >= 15 is 0 Å². The molecule has 6 nitrogen and oxygen atoms in total. The number of carbonyl (C=O) groups excluding carboxylic acids is 1. The number of benzene rings is 2. The number of carbonyl (C=O) groups is 1. The Hall–Kier alpha value is -3.87. The van der Waals surface area contributed by atoms with Crippen molar-refractivity contribution in [1.29, 1.82) is 0 Å². The molecular weight excluding hydrogens is 347 g/mol. The van der Waals surface area contributed by atoms with E-state index in [4.69, 9.17) is 4.52 Å². The molecule has 0 aliphatic heterocycles. The number of nitrogens with one attached hydrogen (secondary N) is 1. The summed E-state index contributed by atoms with van der Waals surface area (Å²) >= 11 is 0. The molecule has 1 N–H and O–H groups in total. The third kappa shape index (κ3) is 3.72. The maximum Gasteiger partial charge on any atom is 0.258 e. The van der Waals surface area contributed by atoms with Gasteiger partial charge in [-0.2, -0.15) is 4.98 Å². The van der Waals surface area contributed by atoms with E-state index < -0.39 is 0 Å². The fraction of sp³-hybridized carbons (Fsp3) is 0. The zero-order valence-corrected chi connectivity index (χ0v) is 14.0. The van der Waals surface area contributed by atoms with E-state index in [-0.39, 0.29) is 17.6 Å². The summed E-state index contributed by atoms with van der Waals surface area (Å²) in [7, 11) is 0. The van der Waals surface area contributed by atoms with Crippen molar-refractivity contribution in [2.24, 2.45) is 0 Å². The van der Waals surface area contributed by atoms with Gasteiger partial charge < -0.3 is 9.84 Å². The van der Waals surface area contributed by atoms with Crippen LogP contribution in [0.15, 0.2) is 77.6 Å². The van der Waals surface area contributed by atoms with Crippen LogP contribution in [-0.4, -0.2) is 21.0 Å². The predicted octanol–water partition coefficient (Wildman–Crippen LogP) is 4.19. The quantitative estimate of drug-likeness (QED) is 0.590. The van der Waals surface area contributed by atoms with Crippen molar-refractivity contribution < 1.29 is 13.7 Å². The lowest BCUT2D eigenvalue weighted by Gasteiger charge is -2.06. The van der Waals surface area contributed by atoms with Crippen LogP contribution in [0.25, 0.3) is 22.8 Å². The van der Waals surface area contributed by atoms with Gasteiger partial charge in [0.25, 0.3) is 11.8 Å². The number of aromatic nitrogens is 3. The highest BCUT2D eigenvalue weighted by Crippen LogP contribution is 2.24. The van der Waals surface area contributed by atoms with Crippen LogP contribution < -0.4 is 5.32 Å². The van der Waals surface area contributed by atoms with Gasteiger partial charge in [-0.15, -0.1) is 0 Å². The standard InChI is InChI=1S/C20H13FN4O2/c21-16-6-4-14(5-7-16)20-24-18(25-27-20)15-2-1-3-17(12-15)23-19(26)13-8-10-22-11-9-13/h1-12H,(H,23,26). The molecule has 0 spiro atoms. The van der Waals surface area contributed by atoms with Crippen molar-refractivity contribution in [3.63, 3.8) is 0 Å². The molecular formula is C20H13FN4O2. The average Bonchev–Trinajstić information content (AvgIpc) is 3.20. The fourth-order valence-electron chi connectivity index (χ4n) is 2.49. The van der Waals surface area contributed by atoms with Crippen LogP contribution >= 0.6 is 0 Å². The summed E-state index contributed by atoms with van der Waals surface area (Å²) in [6, 6.07) is 16.2. The van der Waals surface area contributed by atoms with Gasteiger partial charge in [0.2, 0.25) is 5.82 Å². The summed E-state index contributed by atoms with van der Waals surface area (Å²) < 4.78 is 18.3. The Morgan fingerprint density at radius 3 is 2.52 bits per heavy atom. The van der Waals surface area contributed by atoms with Crippen LogP contribution in [0.5, 0.6) is 0 Å². The van der Waals surface area contributed by atoms with Gasteiger partial charge in [-0.1, -0.05) is 17.3 Å². The van der Waals surface area contributed by atoms with Crippen LogP contribution in [0, 0.1) is 5.82 Å². The minimum atomic E-state index is -0.337. The van der Waals surface area contributed by atoms with Gasteiger partial charge in [0.15, 0.2) is 0 Å². The molecule has 7 heteroatoms. The predicted molar refractivity (Wildman–Crippen MR) is 97.3 cm³/mol. The molecule has 0 bridgehead atoms.